The van der Waals surface area contributed by atoms with Crippen molar-refractivity contribution < 1.29 is 9.18 Å². The molecule has 3 aliphatic heterocycles. The lowest BCUT2D eigenvalue weighted by Crippen LogP contribution is -2.65. The van der Waals surface area contributed by atoms with Crippen molar-refractivity contribution in [2.75, 3.05) is 18.0 Å². The molecule has 0 unspecified atom stereocenters. The molecule has 0 aliphatic carbocycles. The van der Waals surface area contributed by atoms with Gasteiger partial charge in [-0.25, -0.2) is 14.4 Å². The third-order valence-electron chi connectivity index (χ3n) is 6.92. The molecule has 1 aromatic carbocycles. The quantitative estimate of drug-likeness (QED) is 0.801. The molecule has 4 atom stereocenters. The van der Waals surface area contributed by atoms with Crippen LogP contribution in [-0.2, 0) is 11.2 Å². The molecule has 3 fully saturated rings. The van der Waals surface area contributed by atoms with E-state index in [2.05, 4.69) is 19.8 Å². The highest BCUT2D eigenvalue weighted by Crippen LogP contribution is 2.43. The van der Waals surface area contributed by atoms with Gasteiger partial charge in [0.25, 0.3) is 0 Å². The van der Waals surface area contributed by atoms with Crippen molar-refractivity contribution in [3.8, 4) is 0 Å². The number of rotatable bonds is 3. The number of halogens is 1. The lowest BCUT2D eigenvalue weighted by Gasteiger charge is -2.57. The molecule has 3 aliphatic rings. The smallest absolute Gasteiger partial charge is 0.223 e. The van der Waals surface area contributed by atoms with E-state index in [1.54, 1.807) is 12.1 Å². The number of hydrogen-bond donors (Lipinski definition) is 0. The van der Waals surface area contributed by atoms with Crippen LogP contribution in [0.2, 0.25) is 0 Å². The van der Waals surface area contributed by atoms with Crippen molar-refractivity contribution in [2.24, 2.45) is 11.8 Å². The van der Waals surface area contributed by atoms with Crippen molar-refractivity contribution in [1.82, 2.24) is 14.9 Å². The molecule has 1 aromatic heterocycles. The number of hydrogen-bond acceptors (Lipinski definition) is 4. The fourth-order valence-electron chi connectivity index (χ4n) is 5.75. The summed E-state index contributed by atoms with van der Waals surface area (Å²) in [6, 6.07) is 9.24. The summed E-state index contributed by atoms with van der Waals surface area (Å²) in [5.41, 5.74) is 0.973. The van der Waals surface area contributed by atoms with Crippen molar-refractivity contribution >= 4 is 11.7 Å². The van der Waals surface area contributed by atoms with Gasteiger partial charge in [0, 0.05) is 37.8 Å². The predicted molar refractivity (Wildman–Crippen MR) is 109 cm³/mol. The van der Waals surface area contributed by atoms with Crippen LogP contribution in [0.15, 0.2) is 36.5 Å². The second kappa shape index (κ2) is 7.39. The summed E-state index contributed by atoms with van der Waals surface area (Å²) in [5, 5.41) is 0. The monoisotopic (exact) mass is 394 g/mol. The minimum atomic E-state index is -0.209. The minimum absolute atomic E-state index is 0.122. The standard InChI is InChI=1S/C23H27FN4O/c1-15-25-9-8-22(26-15)27-13-17-12-18(14-27)21(11-16-4-2-5-19(24)10-16)28-20(17)6-3-7-23(28)29/h2,4-5,8-10,17-18,20-21H,3,6-7,11-14H2,1H3/t17-,18+,20+,21+/m1/s1. The Morgan fingerprint density at radius 1 is 1.21 bits per heavy atom. The topological polar surface area (TPSA) is 49.3 Å². The van der Waals surface area contributed by atoms with Crippen LogP contribution in [0.1, 0.15) is 37.1 Å². The van der Waals surface area contributed by atoms with Gasteiger partial charge in [-0.3, -0.25) is 4.79 Å². The normalized spacial score (nSPS) is 29.0. The summed E-state index contributed by atoms with van der Waals surface area (Å²) < 4.78 is 13.8. The molecule has 6 heteroatoms. The lowest BCUT2D eigenvalue weighted by molar-refractivity contribution is -0.148. The van der Waals surface area contributed by atoms with E-state index in [0.29, 0.717) is 24.7 Å². The SMILES string of the molecule is Cc1nccc(N2C[C@H]3C[C@@H](C2)[C@H](Cc2cccc(F)c2)N2C(=O)CCC[C@@H]32)n1. The van der Waals surface area contributed by atoms with E-state index in [1.807, 2.05) is 25.3 Å². The molecule has 0 N–H and O–H groups in total. The largest absolute Gasteiger partial charge is 0.356 e. The number of carbonyl (C=O) groups excluding carboxylic acids is 1. The Hall–Kier alpha value is -2.50. The van der Waals surface area contributed by atoms with E-state index in [-0.39, 0.29) is 23.8 Å². The summed E-state index contributed by atoms with van der Waals surface area (Å²) in [5.74, 6) is 2.67. The maximum absolute atomic E-state index is 13.8. The molecule has 152 valence electrons. The number of aromatic nitrogens is 2. The third-order valence-corrected chi connectivity index (χ3v) is 6.92. The first-order chi connectivity index (χ1) is 14.1. The molecule has 2 bridgehead atoms. The van der Waals surface area contributed by atoms with Gasteiger partial charge < -0.3 is 9.80 Å². The summed E-state index contributed by atoms with van der Waals surface area (Å²) in [6.07, 6.45) is 6.36. The Bertz CT molecular complexity index is 919. The van der Waals surface area contributed by atoms with Crippen molar-refractivity contribution in [3.05, 3.63) is 53.7 Å². The number of aryl methyl sites for hydroxylation is 1. The van der Waals surface area contributed by atoms with E-state index >= 15 is 0 Å². The Morgan fingerprint density at radius 2 is 2.07 bits per heavy atom. The molecule has 5 nitrogen and oxygen atoms in total. The van der Waals surface area contributed by atoms with Gasteiger partial charge in [-0.15, -0.1) is 0 Å². The number of benzene rings is 1. The molecular formula is C23H27FN4O. The molecule has 5 rings (SSSR count). The van der Waals surface area contributed by atoms with Crippen LogP contribution in [0.4, 0.5) is 10.2 Å². The summed E-state index contributed by atoms with van der Waals surface area (Å²) >= 11 is 0. The summed E-state index contributed by atoms with van der Waals surface area (Å²) in [7, 11) is 0. The van der Waals surface area contributed by atoms with E-state index in [1.165, 1.54) is 6.07 Å². The molecule has 29 heavy (non-hydrogen) atoms. The van der Waals surface area contributed by atoms with Crippen LogP contribution in [0, 0.1) is 24.6 Å². The van der Waals surface area contributed by atoms with Crippen LogP contribution in [0.3, 0.4) is 0 Å². The Kier molecular flexibility index (Phi) is 4.72. The fourth-order valence-corrected chi connectivity index (χ4v) is 5.75. The van der Waals surface area contributed by atoms with Crippen LogP contribution in [-0.4, -0.2) is 45.9 Å². The lowest BCUT2D eigenvalue weighted by atomic mass is 9.71. The van der Waals surface area contributed by atoms with Crippen molar-refractivity contribution in [1.29, 1.82) is 0 Å². The van der Waals surface area contributed by atoms with Gasteiger partial charge in [0.15, 0.2) is 0 Å². The molecule has 2 aromatic rings. The van der Waals surface area contributed by atoms with E-state index in [9.17, 15) is 9.18 Å². The average Bonchev–Trinajstić information content (AvgIpc) is 2.71. The van der Waals surface area contributed by atoms with E-state index < -0.39 is 0 Å². The number of piperidine rings is 3. The van der Waals surface area contributed by atoms with Gasteiger partial charge >= 0.3 is 0 Å². The highest BCUT2D eigenvalue weighted by molar-refractivity contribution is 5.78. The number of anilines is 1. The van der Waals surface area contributed by atoms with Gasteiger partial charge in [-0.1, -0.05) is 12.1 Å². The van der Waals surface area contributed by atoms with E-state index in [0.717, 1.165) is 49.6 Å². The van der Waals surface area contributed by atoms with Crippen LogP contribution in [0.5, 0.6) is 0 Å². The second-order valence-electron chi connectivity index (χ2n) is 8.78. The van der Waals surface area contributed by atoms with Crippen LogP contribution < -0.4 is 4.90 Å². The van der Waals surface area contributed by atoms with Crippen LogP contribution in [0.25, 0.3) is 0 Å². The highest BCUT2D eigenvalue weighted by atomic mass is 19.1. The predicted octanol–water partition coefficient (Wildman–Crippen LogP) is 3.37. The van der Waals surface area contributed by atoms with Gasteiger partial charge in [0.05, 0.1) is 0 Å². The molecule has 1 amide bonds. The average molecular weight is 394 g/mol. The highest BCUT2D eigenvalue weighted by Gasteiger charge is 2.49. The maximum Gasteiger partial charge on any atom is 0.223 e. The number of carbonyl (C=O) groups is 1. The zero-order valence-corrected chi connectivity index (χ0v) is 16.8. The van der Waals surface area contributed by atoms with E-state index in [4.69, 9.17) is 0 Å². The third kappa shape index (κ3) is 3.49. The number of nitrogens with zero attached hydrogens (tertiary/aromatic N) is 4. The zero-order chi connectivity index (χ0) is 20.0. The Balaban J connectivity index is 1.47. The Morgan fingerprint density at radius 3 is 2.90 bits per heavy atom. The first kappa shape index (κ1) is 18.5. The zero-order valence-electron chi connectivity index (χ0n) is 16.8. The fraction of sp³-hybridized carbons (Fsp3) is 0.522. The van der Waals surface area contributed by atoms with Gasteiger partial charge in [0.1, 0.15) is 17.5 Å². The first-order valence-corrected chi connectivity index (χ1v) is 10.7. The maximum atomic E-state index is 13.8. The molecule has 4 heterocycles. The summed E-state index contributed by atoms with van der Waals surface area (Å²) in [6.45, 7) is 3.74. The molecule has 0 radical (unpaired) electrons. The van der Waals surface area contributed by atoms with Gasteiger partial charge in [0.2, 0.25) is 5.91 Å². The van der Waals surface area contributed by atoms with Crippen molar-refractivity contribution in [3.63, 3.8) is 0 Å². The number of fused-ring (bicyclic) bond motifs is 4. The minimum Gasteiger partial charge on any atom is -0.356 e. The molecular weight excluding hydrogens is 367 g/mol. The summed E-state index contributed by atoms with van der Waals surface area (Å²) in [4.78, 5) is 26.4. The first-order valence-electron chi connectivity index (χ1n) is 10.7. The van der Waals surface area contributed by atoms with Crippen LogP contribution >= 0.6 is 0 Å². The molecule has 0 spiro atoms. The Labute approximate surface area is 171 Å². The second-order valence-corrected chi connectivity index (χ2v) is 8.78. The van der Waals surface area contributed by atoms with Crippen molar-refractivity contribution in [2.45, 2.75) is 51.1 Å². The molecule has 0 saturated carbocycles. The van der Waals surface area contributed by atoms with Gasteiger partial charge in [-0.05, 0) is 68.2 Å². The van der Waals surface area contributed by atoms with Gasteiger partial charge in [-0.2, -0.15) is 0 Å². The molecule has 3 saturated heterocycles. The number of amides is 1.